The molecule has 0 aromatic carbocycles. The summed E-state index contributed by atoms with van der Waals surface area (Å²) in [5.74, 6) is 0. The second-order valence-corrected chi connectivity index (χ2v) is 8.84. The van der Waals surface area contributed by atoms with Crippen molar-refractivity contribution in [2.75, 3.05) is 0 Å². The summed E-state index contributed by atoms with van der Waals surface area (Å²) in [7, 11) is 0. The maximum Gasteiger partial charge on any atom is -1.00 e. The second kappa shape index (κ2) is 11.9. The summed E-state index contributed by atoms with van der Waals surface area (Å²) in [6.07, 6.45) is 20.3. The van der Waals surface area contributed by atoms with Crippen molar-refractivity contribution in [3.8, 4) is 0 Å². The molecule has 0 heterocycles. The van der Waals surface area contributed by atoms with Gasteiger partial charge in [0, 0.05) is 0 Å². The molecule has 21 heavy (non-hydrogen) atoms. The fourth-order valence-corrected chi connectivity index (χ4v) is 6.44. The predicted molar refractivity (Wildman–Crippen MR) is 80.6 cm³/mol. The van der Waals surface area contributed by atoms with Crippen molar-refractivity contribution in [3.05, 3.63) is 42.0 Å². The topological polar surface area (TPSA) is 0 Å². The Bertz CT molecular complexity index is 390. The van der Waals surface area contributed by atoms with Gasteiger partial charge in [-0.05, 0) is 0 Å². The van der Waals surface area contributed by atoms with Gasteiger partial charge in [0.25, 0.3) is 0 Å². The molecule has 3 heteroatoms. The minimum atomic E-state index is -0.512. The number of hydrogen-bond donors (Lipinski definition) is 0. The van der Waals surface area contributed by atoms with Crippen molar-refractivity contribution < 1.29 is 48.0 Å². The molecule has 0 radical (unpaired) electrons. The average molecular weight is 405 g/mol. The van der Waals surface area contributed by atoms with Crippen molar-refractivity contribution in [3.63, 3.8) is 0 Å². The monoisotopic (exact) mass is 402 g/mol. The average Bonchev–Trinajstić information content (AvgIpc) is 3.04. The smallest absolute Gasteiger partial charge is 1.00 e. The normalized spacial score (nSPS) is 16.1. The zero-order valence-corrected chi connectivity index (χ0v) is 17.2. The van der Waals surface area contributed by atoms with E-state index in [1.165, 1.54) is 51.4 Å². The summed E-state index contributed by atoms with van der Waals surface area (Å²) in [4.78, 5) is 0. The molecule has 0 spiro atoms. The first-order valence-corrected chi connectivity index (χ1v) is 10.3. The Morgan fingerprint density at radius 1 is 0.810 bits per heavy atom. The molecule has 0 N–H and O–H groups in total. The fourth-order valence-electron chi connectivity index (χ4n) is 2.75. The van der Waals surface area contributed by atoms with Gasteiger partial charge < -0.3 is 24.8 Å². The van der Waals surface area contributed by atoms with Crippen LogP contribution in [-0.2, 0) is 23.2 Å². The van der Waals surface area contributed by atoms with E-state index in [2.05, 4.69) is 38.2 Å². The van der Waals surface area contributed by atoms with Crippen molar-refractivity contribution in [1.82, 2.24) is 0 Å². The van der Waals surface area contributed by atoms with Gasteiger partial charge in [-0.1, -0.05) is 0 Å². The predicted octanol–water partition coefficient (Wildman–Crippen LogP) is -0.115. The maximum absolute atomic E-state index is 2.45. The molecule has 0 atom stereocenters. The third kappa shape index (κ3) is 6.59. The van der Waals surface area contributed by atoms with Crippen LogP contribution in [0.5, 0.6) is 0 Å². The minimum absolute atomic E-state index is 0. The van der Waals surface area contributed by atoms with E-state index >= 15 is 0 Å². The van der Waals surface area contributed by atoms with Gasteiger partial charge in [0.05, 0.1) is 0 Å². The van der Waals surface area contributed by atoms with Gasteiger partial charge in [0.2, 0.25) is 0 Å². The van der Waals surface area contributed by atoms with E-state index in [1.54, 1.807) is 17.7 Å². The molecular weight excluding hydrogens is 378 g/mol. The fraction of sp³-hybridized carbons (Fsp3) is 0.556. The first-order chi connectivity index (χ1) is 9.35. The van der Waals surface area contributed by atoms with Crippen LogP contribution in [0.15, 0.2) is 42.0 Å². The number of hydrogen-bond acceptors (Lipinski definition) is 0. The molecule has 0 fully saturated rings. The SMILES string of the molecule is CCCCC1=[C]([Zr+2][C]2=C(CCCC)CC=C2)C=CC1.[Cl-].[Cl-]. The first kappa shape index (κ1) is 21.4. The van der Waals surface area contributed by atoms with Gasteiger partial charge in [-0.2, -0.15) is 0 Å². The van der Waals surface area contributed by atoms with Crippen molar-refractivity contribution in [1.29, 1.82) is 0 Å². The Hall–Kier alpha value is 0.423. The van der Waals surface area contributed by atoms with Gasteiger partial charge in [-0.25, -0.2) is 0 Å². The van der Waals surface area contributed by atoms with Crippen LogP contribution < -0.4 is 24.8 Å². The summed E-state index contributed by atoms with van der Waals surface area (Å²) < 4.78 is 3.57. The number of rotatable bonds is 8. The maximum atomic E-state index is 2.45. The quantitative estimate of drug-likeness (QED) is 0.530. The van der Waals surface area contributed by atoms with Gasteiger partial charge >= 0.3 is 130 Å². The van der Waals surface area contributed by atoms with Crippen LogP contribution in [0.1, 0.15) is 65.2 Å². The van der Waals surface area contributed by atoms with Crippen molar-refractivity contribution >= 4 is 0 Å². The Labute approximate surface area is 154 Å². The van der Waals surface area contributed by atoms with Crippen LogP contribution in [0.25, 0.3) is 0 Å². The molecule has 0 saturated heterocycles. The molecule has 2 rings (SSSR count). The summed E-state index contributed by atoms with van der Waals surface area (Å²) in [6.45, 7) is 4.60. The molecule has 2 aliphatic rings. The third-order valence-corrected chi connectivity index (χ3v) is 7.87. The number of unbranched alkanes of at least 4 members (excludes halogenated alkanes) is 2. The molecule has 116 valence electrons. The van der Waals surface area contributed by atoms with E-state index in [9.17, 15) is 0 Å². The molecular formula is C18H26Cl2Zr. The summed E-state index contributed by atoms with van der Waals surface area (Å²) in [5, 5.41) is 0. The molecule has 0 saturated carbocycles. The molecule has 0 nitrogen and oxygen atoms in total. The van der Waals surface area contributed by atoms with Crippen LogP contribution >= 0.6 is 0 Å². The van der Waals surface area contributed by atoms with Crippen LogP contribution in [0.4, 0.5) is 0 Å². The molecule has 2 aliphatic carbocycles. The zero-order chi connectivity index (χ0) is 13.5. The molecule has 0 aliphatic heterocycles. The van der Waals surface area contributed by atoms with E-state index in [-0.39, 0.29) is 24.8 Å². The van der Waals surface area contributed by atoms with E-state index < -0.39 is 23.2 Å². The molecule has 0 bridgehead atoms. The first-order valence-electron chi connectivity index (χ1n) is 7.89. The standard InChI is InChI=1S/2C9H13.2ClH.Zr/c2*1-2-3-6-9-7-4-5-8-9;;;/h2*4-5H,2-3,6-7H2,1H3;2*1H;/q;;;;+2/p-2. The number of halogens is 2. The van der Waals surface area contributed by atoms with Gasteiger partial charge in [-0.15, -0.1) is 0 Å². The molecule has 0 aromatic rings. The van der Waals surface area contributed by atoms with E-state index in [4.69, 9.17) is 0 Å². The zero-order valence-electron chi connectivity index (χ0n) is 13.2. The summed E-state index contributed by atoms with van der Waals surface area (Å²) in [6, 6.07) is 0. The minimum Gasteiger partial charge on any atom is -1.00 e. The second-order valence-electron chi connectivity index (χ2n) is 5.58. The summed E-state index contributed by atoms with van der Waals surface area (Å²) >= 11 is -0.512. The summed E-state index contributed by atoms with van der Waals surface area (Å²) in [5.41, 5.74) is 3.55. The number of allylic oxidation sites excluding steroid dienone is 8. The van der Waals surface area contributed by atoms with Crippen LogP contribution in [0, 0.1) is 0 Å². The third-order valence-electron chi connectivity index (χ3n) is 3.99. The Morgan fingerprint density at radius 2 is 1.24 bits per heavy atom. The van der Waals surface area contributed by atoms with Crippen LogP contribution in [-0.4, -0.2) is 0 Å². The van der Waals surface area contributed by atoms with Gasteiger partial charge in [-0.3, -0.25) is 0 Å². The van der Waals surface area contributed by atoms with Crippen LogP contribution in [0.2, 0.25) is 0 Å². The van der Waals surface area contributed by atoms with E-state index in [0.29, 0.717) is 0 Å². The van der Waals surface area contributed by atoms with Crippen LogP contribution in [0.3, 0.4) is 0 Å². The molecule has 0 unspecified atom stereocenters. The molecule has 0 amide bonds. The molecule has 0 aromatic heterocycles. The Balaban J connectivity index is 0.00000200. The van der Waals surface area contributed by atoms with Gasteiger partial charge in [0.1, 0.15) is 0 Å². The van der Waals surface area contributed by atoms with Crippen molar-refractivity contribution in [2.45, 2.75) is 65.2 Å². The largest absolute Gasteiger partial charge is 1.00 e. The van der Waals surface area contributed by atoms with Crippen molar-refractivity contribution in [2.24, 2.45) is 0 Å². The van der Waals surface area contributed by atoms with E-state index in [0.717, 1.165) is 0 Å². The van der Waals surface area contributed by atoms with E-state index in [1.807, 2.05) is 0 Å². The Morgan fingerprint density at radius 3 is 1.62 bits per heavy atom. The Kier molecular flexibility index (Phi) is 12.2. The van der Waals surface area contributed by atoms with Gasteiger partial charge in [0.15, 0.2) is 0 Å².